The third-order valence-electron chi connectivity index (χ3n) is 4.96. The molecule has 5 nitrogen and oxygen atoms in total. The van der Waals surface area contributed by atoms with Crippen LogP contribution in [0, 0.1) is 6.92 Å². The van der Waals surface area contributed by atoms with Gasteiger partial charge in [0.2, 0.25) is 5.91 Å². The second-order valence-corrected chi connectivity index (χ2v) is 7.11. The number of amides is 1. The third kappa shape index (κ3) is 5.08. The molecule has 0 spiro atoms. The predicted molar refractivity (Wildman–Crippen MR) is 112 cm³/mol. The largest absolute Gasteiger partial charge is 0.337 e. The Bertz CT molecular complexity index is 904. The van der Waals surface area contributed by atoms with Crippen molar-refractivity contribution in [1.29, 1.82) is 0 Å². The lowest BCUT2D eigenvalue weighted by Gasteiger charge is -2.25. The molecule has 0 aliphatic carbocycles. The lowest BCUT2D eigenvalue weighted by atomic mass is 10.1. The average Bonchev–Trinajstić information content (AvgIpc) is 3.14. The van der Waals surface area contributed by atoms with Crippen molar-refractivity contribution < 1.29 is 4.79 Å². The zero-order valence-corrected chi connectivity index (χ0v) is 16.6. The van der Waals surface area contributed by atoms with Crippen molar-refractivity contribution in [2.75, 3.05) is 6.54 Å². The number of hydrogen-bond acceptors (Lipinski definition) is 3. The quantitative estimate of drug-likeness (QED) is 0.657. The fourth-order valence-corrected chi connectivity index (χ4v) is 3.28. The maximum Gasteiger partial charge on any atom is 0.240 e. The predicted octanol–water partition coefficient (Wildman–Crippen LogP) is 3.16. The molecular weight excluding hydrogens is 348 g/mol. The average molecular weight is 377 g/mol. The van der Waals surface area contributed by atoms with E-state index in [4.69, 9.17) is 5.73 Å². The van der Waals surface area contributed by atoms with Crippen molar-refractivity contribution in [2.45, 2.75) is 39.4 Å². The summed E-state index contributed by atoms with van der Waals surface area (Å²) in [5, 5.41) is 0. The first kappa shape index (κ1) is 19.8. The minimum Gasteiger partial charge on any atom is -0.337 e. The van der Waals surface area contributed by atoms with Gasteiger partial charge in [0.25, 0.3) is 0 Å². The first-order chi connectivity index (χ1) is 13.6. The number of nitrogens with zero attached hydrogens (tertiary/aromatic N) is 3. The first-order valence-corrected chi connectivity index (χ1v) is 9.70. The number of rotatable bonds is 8. The molecule has 0 aliphatic rings. The molecule has 28 heavy (non-hydrogen) atoms. The highest BCUT2D eigenvalue weighted by atomic mass is 16.2. The van der Waals surface area contributed by atoms with Crippen LogP contribution in [-0.2, 0) is 24.3 Å². The van der Waals surface area contributed by atoms with Gasteiger partial charge in [-0.15, -0.1) is 0 Å². The second-order valence-electron chi connectivity index (χ2n) is 7.11. The van der Waals surface area contributed by atoms with E-state index in [9.17, 15) is 4.79 Å². The molecule has 0 saturated heterocycles. The normalized spacial score (nSPS) is 12.0. The molecule has 2 N–H and O–H groups in total. The van der Waals surface area contributed by atoms with Crippen LogP contribution in [0.25, 0.3) is 0 Å². The van der Waals surface area contributed by atoms with Crippen molar-refractivity contribution in [3.05, 3.63) is 89.5 Å². The van der Waals surface area contributed by atoms with Crippen LogP contribution in [-0.4, -0.2) is 32.9 Å². The van der Waals surface area contributed by atoms with E-state index in [-0.39, 0.29) is 5.91 Å². The van der Waals surface area contributed by atoms with Gasteiger partial charge in [0.1, 0.15) is 0 Å². The number of benzene rings is 2. The summed E-state index contributed by atoms with van der Waals surface area (Å²) in [6, 6.07) is 17.8. The summed E-state index contributed by atoms with van der Waals surface area (Å²) in [6.07, 6.45) is 4.20. The number of imidazole rings is 1. The summed E-state index contributed by atoms with van der Waals surface area (Å²) in [7, 11) is 0. The number of nitrogens with two attached hydrogens (primary N) is 1. The van der Waals surface area contributed by atoms with Gasteiger partial charge < -0.3 is 15.2 Å². The highest BCUT2D eigenvalue weighted by molar-refractivity contribution is 5.82. The van der Waals surface area contributed by atoms with Crippen molar-refractivity contribution in [1.82, 2.24) is 14.5 Å². The molecule has 5 heteroatoms. The van der Waals surface area contributed by atoms with Crippen LogP contribution in [0.1, 0.15) is 29.3 Å². The lowest BCUT2D eigenvalue weighted by molar-refractivity contribution is -0.133. The van der Waals surface area contributed by atoms with Crippen LogP contribution < -0.4 is 5.73 Å². The molecule has 1 atom stereocenters. The minimum absolute atomic E-state index is 0.0386. The number of carbonyl (C=O) groups excluding carboxylic acids is 1. The van der Waals surface area contributed by atoms with Crippen LogP contribution >= 0.6 is 0 Å². The molecular formula is C23H28N4O. The molecule has 1 amide bonds. The fraction of sp³-hybridized carbons (Fsp3) is 0.304. The SMILES string of the molecule is CCN(Cc1ccccc1C)C(=O)[C@@H](N)Cc1cn(Cc2ccccc2)cn1. The van der Waals surface area contributed by atoms with E-state index in [1.165, 1.54) is 11.1 Å². The summed E-state index contributed by atoms with van der Waals surface area (Å²) in [5.41, 5.74) is 10.6. The van der Waals surface area contributed by atoms with E-state index in [0.717, 1.165) is 17.8 Å². The van der Waals surface area contributed by atoms with Crippen molar-refractivity contribution in [2.24, 2.45) is 5.73 Å². The molecule has 3 aromatic rings. The van der Waals surface area contributed by atoms with Crippen LogP contribution in [0.2, 0.25) is 0 Å². The Hall–Kier alpha value is -2.92. The molecule has 0 saturated carbocycles. The minimum atomic E-state index is -0.593. The van der Waals surface area contributed by atoms with Crippen LogP contribution in [0.3, 0.4) is 0 Å². The summed E-state index contributed by atoms with van der Waals surface area (Å²) >= 11 is 0. The maximum absolute atomic E-state index is 12.9. The second kappa shape index (κ2) is 9.33. The molecule has 0 fully saturated rings. The van der Waals surface area contributed by atoms with Gasteiger partial charge >= 0.3 is 0 Å². The molecule has 0 radical (unpaired) electrons. The Morgan fingerprint density at radius 1 is 1.14 bits per heavy atom. The van der Waals surface area contributed by atoms with E-state index < -0.39 is 6.04 Å². The topological polar surface area (TPSA) is 64.2 Å². The molecule has 0 unspecified atom stereocenters. The van der Waals surface area contributed by atoms with Crippen molar-refractivity contribution >= 4 is 5.91 Å². The van der Waals surface area contributed by atoms with E-state index >= 15 is 0 Å². The number of aromatic nitrogens is 2. The van der Waals surface area contributed by atoms with Gasteiger partial charge in [0.05, 0.1) is 18.1 Å². The summed E-state index contributed by atoms with van der Waals surface area (Å²) in [5.74, 6) is -0.0386. The standard InChI is InChI=1S/C23H28N4O/c1-3-27(15-20-12-8-7-9-18(20)2)23(28)22(24)13-21-16-26(17-25-21)14-19-10-5-4-6-11-19/h4-12,16-17,22H,3,13-15,24H2,1-2H3/t22-/m0/s1. The molecule has 1 aromatic heterocycles. The number of hydrogen-bond donors (Lipinski definition) is 1. The van der Waals surface area contributed by atoms with Gasteiger partial charge in [0.15, 0.2) is 0 Å². The molecule has 0 bridgehead atoms. The molecule has 1 heterocycles. The highest BCUT2D eigenvalue weighted by Gasteiger charge is 2.21. The van der Waals surface area contributed by atoms with Gasteiger partial charge in [-0.3, -0.25) is 4.79 Å². The van der Waals surface area contributed by atoms with E-state index in [1.807, 2.05) is 52.9 Å². The fourth-order valence-electron chi connectivity index (χ4n) is 3.28. The van der Waals surface area contributed by atoms with Crippen molar-refractivity contribution in [3.8, 4) is 0 Å². The van der Waals surface area contributed by atoms with E-state index in [2.05, 4.69) is 36.2 Å². The summed E-state index contributed by atoms with van der Waals surface area (Å²) < 4.78 is 2.02. The number of aryl methyl sites for hydroxylation is 1. The maximum atomic E-state index is 12.9. The van der Waals surface area contributed by atoms with Crippen LogP contribution in [0.4, 0.5) is 0 Å². The highest BCUT2D eigenvalue weighted by Crippen LogP contribution is 2.12. The Labute approximate surface area is 166 Å². The number of carbonyl (C=O) groups is 1. The lowest BCUT2D eigenvalue weighted by Crippen LogP contribution is -2.44. The first-order valence-electron chi connectivity index (χ1n) is 9.70. The molecule has 146 valence electrons. The van der Waals surface area contributed by atoms with E-state index in [0.29, 0.717) is 19.5 Å². The number of likely N-dealkylation sites (N-methyl/N-ethyl adjacent to an activating group) is 1. The monoisotopic (exact) mass is 376 g/mol. The third-order valence-corrected chi connectivity index (χ3v) is 4.96. The van der Waals surface area contributed by atoms with Crippen LogP contribution in [0.15, 0.2) is 67.1 Å². The smallest absolute Gasteiger partial charge is 0.240 e. The van der Waals surface area contributed by atoms with Gasteiger partial charge in [-0.25, -0.2) is 4.98 Å². The zero-order chi connectivity index (χ0) is 19.9. The summed E-state index contributed by atoms with van der Waals surface area (Å²) in [4.78, 5) is 19.1. The van der Waals surface area contributed by atoms with Gasteiger partial charge in [-0.1, -0.05) is 54.6 Å². The van der Waals surface area contributed by atoms with Gasteiger partial charge in [-0.05, 0) is 30.5 Å². The van der Waals surface area contributed by atoms with Gasteiger partial charge in [-0.2, -0.15) is 0 Å². The Kier molecular flexibility index (Phi) is 6.61. The van der Waals surface area contributed by atoms with Crippen molar-refractivity contribution in [3.63, 3.8) is 0 Å². The van der Waals surface area contributed by atoms with E-state index in [1.54, 1.807) is 6.33 Å². The Morgan fingerprint density at radius 3 is 2.57 bits per heavy atom. The molecule has 2 aromatic carbocycles. The Morgan fingerprint density at radius 2 is 1.86 bits per heavy atom. The summed E-state index contributed by atoms with van der Waals surface area (Å²) in [6.45, 7) is 6.01. The molecule has 3 rings (SSSR count). The van der Waals surface area contributed by atoms with Crippen LogP contribution in [0.5, 0.6) is 0 Å². The molecule has 0 aliphatic heterocycles. The van der Waals surface area contributed by atoms with Gasteiger partial charge in [0, 0.05) is 32.3 Å². The zero-order valence-electron chi connectivity index (χ0n) is 16.6. The Balaban J connectivity index is 1.61.